The lowest BCUT2D eigenvalue weighted by Gasteiger charge is -2.29. The SMILES string of the molecule is Cc1cc2ncc3c(n2n1)CC(C)(C)CC3=O. The van der Waals surface area contributed by atoms with Crippen LogP contribution >= 0.6 is 0 Å². The van der Waals surface area contributed by atoms with Gasteiger partial charge < -0.3 is 0 Å². The Bertz CT molecular complexity index is 625. The maximum Gasteiger partial charge on any atom is 0.166 e. The van der Waals surface area contributed by atoms with Crippen LogP contribution < -0.4 is 0 Å². The van der Waals surface area contributed by atoms with E-state index >= 15 is 0 Å². The molecule has 3 rings (SSSR count). The summed E-state index contributed by atoms with van der Waals surface area (Å²) in [5, 5.41) is 4.43. The van der Waals surface area contributed by atoms with Gasteiger partial charge in [0.1, 0.15) is 0 Å². The summed E-state index contributed by atoms with van der Waals surface area (Å²) in [6, 6.07) is 1.94. The molecule has 4 heteroatoms. The van der Waals surface area contributed by atoms with Crippen molar-refractivity contribution in [1.29, 1.82) is 0 Å². The summed E-state index contributed by atoms with van der Waals surface area (Å²) < 4.78 is 1.82. The third-order valence-corrected chi connectivity index (χ3v) is 3.29. The molecule has 0 saturated heterocycles. The van der Waals surface area contributed by atoms with E-state index in [0.717, 1.165) is 29.0 Å². The van der Waals surface area contributed by atoms with E-state index in [1.165, 1.54) is 0 Å². The van der Waals surface area contributed by atoms with E-state index in [9.17, 15) is 4.79 Å². The van der Waals surface area contributed by atoms with E-state index < -0.39 is 0 Å². The van der Waals surface area contributed by atoms with Crippen LogP contribution in [-0.4, -0.2) is 20.4 Å². The summed E-state index contributed by atoms with van der Waals surface area (Å²) in [7, 11) is 0. The van der Waals surface area contributed by atoms with Crippen molar-refractivity contribution >= 4 is 11.4 Å². The number of carbonyl (C=O) groups excluding carboxylic acids is 1. The van der Waals surface area contributed by atoms with Crippen LogP contribution in [0.2, 0.25) is 0 Å². The average molecular weight is 229 g/mol. The fourth-order valence-corrected chi connectivity index (χ4v) is 2.54. The summed E-state index contributed by atoms with van der Waals surface area (Å²) in [4.78, 5) is 16.4. The summed E-state index contributed by atoms with van der Waals surface area (Å²) in [5.41, 5.74) is 3.51. The Morgan fingerprint density at radius 1 is 1.35 bits per heavy atom. The van der Waals surface area contributed by atoms with Gasteiger partial charge in [0, 0.05) is 18.7 Å². The number of Topliss-reactive ketones (excluding diaryl/α,β-unsaturated/α-hetero) is 1. The molecule has 0 saturated carbocycles. The molecule has 1 aliphatic rings. The number of ketones is 1. The first-order valence-electron chi connectivity index (χ1n) is 5.84. The summed E-state index contributed by atoms with van der Waals surface area (Å²) in [6.07, 6.45) is 3.16. The van der Waals surface area contributed by atoms with E-state index in [-0.39, 0.29) is 11.2 Å². The van der Waals surface area contributed by atoms with Crippen LogP contribution in [0.25, 0.3) is 5.65 Å². The van der Waals surface area contributed by atoms with Gasteiger partial charge in [0.15, 0.2) is 11.4 Å². The lowest BCUT2D eigenvalue weighted by molar-refractivity contribution is 0.0908. The fourth-order valence-electron chi connectivity index (χ4n) is 2.54. The zero-order valence-electron chi connectivity index (χ0n) is 10.3. The summed E-state index contributed by atoms with van der Waals surface area (Å²) in [6.45, 7) is 6.18. The molecule has 2 aromatic rings. The lowest BCUT2D eigenvalue weighted by atomic mass is 9.76. The molecule has 0 radical (unpaired) electrons. The normalized spacial score (nSPS) is 18.4. The van der Waals surface area contributed by atoms with Crippen molar-refractivity contribution in [3.63, 3.8) is 0 Å². The predicted octanol–water partition coefficient (Wildman–Crippen LogP) is 2.19. The molecule has 2 aromatic heterocycles. The van der Waals surface area contributed by atoms with E-state index in [0.29, 0.717) is 6.42 Å². The third-order valence-electron chi connectivity index (χ3n) is 3.29. The molecule has 17 heavy (non-hydrogen) atoms. The van der Waals surface area contributed by atoms with Gasteiger partial charge in [-0.05, 0) is 18.8 Å². The van der Waals surface area contributed by atoms with Gasteiger partial charge in [-0.1, -0.05) is 13.8 Å². The van der Waals surface area contributed by atoms with E-state index in [1.54, 1.807) is 6.20 Å². The molecular weight excluding hydrogens is 214 g/mol. The Kier molecular flexibility index (Phi) is 1.94. The minimum atomic E-state index is 0.0121. The van der Waals surface area contributed by atoms with Gasteiger partial charge in [0.05, 0.1) is 17.0 Å². The van der Waals surface area contributed by atoms with Gasteiger partial charge in [-0.2, -0.15) is 5.10 Å². The summed E-state index contributed by atoms with van der Waals surface area (Å²) in [5.74, 6) is 0.179. The van der Waals surface area contributed by atoms with Gasteiger partial charge in [0.2, 0.25) is 0 Å². The molecule has 0 atom stereocenters. The van der Waals surface area contributed by atoms with E-state index in [2.05, 4.69) is 23.9 Å². The molecule has 0 unspecified atom stereocenters. The fraction of sp³-hybridized carbons (Fsp3) is 0.462. The summed E-state index contributed by atoms with van der Waals surface area (Å²) >= 11 is 0. The quantitative estimate of drug-likeness (QED) is 0.695. The molecule has 0 aliphatic heterocycles. The number of carbonyl (C=O) groups is 1. The second-order valence-corrected chi connectivity index (χ2v) is 5.62. The second kappa shape index (κ2) is 3.15. The van der Waals surface area contributed by atoms with Gasteiger partial charge in [-0.15, -0.1) is 0 Å². The third kappa shape index (κ3) is 1.55. The number of aryl methyl sites for hydroxylation is 1. The number of fused-ring (bicyclic) bond motifs is 3. The van der Waals surface area contributed by atoms with Crippen molar-refractivity contribution in [3.05, 3.63) is 29.2 Å². The minimum Gasteiger partial charge on any atom is -0.294 e. The largest absolute Gasteiger partial charge is 0.294 e. The monoisotopic (exact) mass is 229 g/mol. The number of hydrogen-bond donors (Lipinski definition) is 0. The van der Waals surface area contributed by atoms with Crippen molar-refractivity contribution in [1.82, 2.24) is 14.6 Å². The Morgan fingerprint density at radius 2 is 2.12 bits per heavy atom. The molecule has 0 bridgehead atoms. The first-order valence-corrected chi connectivity index (χ1v) is 5.84. The highest BCUT2D eigenvalue weighted by atomic mass is 16.1. The molecule has 1 aliphatic carbocycles. The Labute approximate surface area is 99.7 Å². The number of hydrogen-bond acceptors (Lipinski definition) is 3. The molecule has 4 nitrogen and oxygen atoms in total. The van der Waals surface area contributed by atoms with Crippen molar-refractivity contribution < 1.29 is 4.79 Å². The minimum absolute atomic E-state index is 0.0121. The average Bonchev–Trinajstić information content (AvgIpc) is 2.57. The Hall–Kier alpha value is -1.71. The number of rotatable bonds is 0. The first kappa shape index (κ1) is 10.4. The highest BCUT2D eigenvalue weighted by Crippen LogP contribution is 2.34. The smallest absolute Gasteiger partial charge is 0.166 e. The number of nitrogens with zero attached hydrogens (tertiary/aromatic N) is 3. The van der Waals surface area contributed by atoms with Crippen LogP contribution in [0.4, 0.5) is 0 Å². The second-order valence-electron chi connectivity index (χ2n) is 5.62. The van der Waals surface area contributed by atoms with Crippen LogP contribution in [-0.2, 0) is 6.42 Å². The maximum atomic E-state index is 12.1. The molecule has 0 amide bonds. The van der Waals surface area contributed by atoms with Gasteiger partial charge in [-0.25, -0.2) is 9.50 Å². The zero-order valence-corrected chi connectivity index (χ0v) is 10.3. The van der Waals surface area contributed by atoms with Crippen LogP contribution in [0.5, 0.6) is 0 Å². The zero-order chi connectivity index (χ0) is 12.2. The van der Waals surface area contributed by atoms with Crippen molar-refractivity contribution in [2.45, 2.75) is 33.6 Å². The molecular formula is C13H15N3O. The Balaban J connectivity index is 2.31. The first-order chi connectivity index (χ1) is 7.96. The van der Waals surface area contributed by atoms with Crippen molar-refractivity contribution in [2.24, 2.45) is 5.41 Å². The molecule has 2 heterocycles. The lowest BCUT2D eigenvalue weighted by Crippen LogP contribution is -2.29. The van der Waals surface area contributed by atoms with Gasteiger partial charge in [-0.3, -0.25) is 4.79 Å². The molecule has 0 N–H and O–H groups in total. The Morgan fingerprint density at radius 3 is 2.88 bits per heavy atom. The molecule has 88 valence electrons. The van der Waals surface area contributed by atoms with Crippen LogP contribution in [0.15, 0.2) is 12.3 Å². The van der Waals surface area contributed by atoms with Crippen molar-refractivity contribution in [2.75, 3.05) is 0 Å². The standard InChI is InChI=1S/C13H15N3O/c1-8-4-12-14-7-9-10(16(12)15-8)5-13(2,3)6-11(9)17/h4,7H,5-6H2,1-3H3. The van der Waals surface area contributed by atoms with E-state index in [4.69, 9.17) is 0 Å². The van der Waals surface area contributed by atoms with Gasteiger partial charge in [0.25, 0.3) is 0 Å². The maximum absolute atomic E-state index is 12.1. The predicted molar refractivity (Wildman–Crippen MR) is 64.2 cm³/mol. The van der Waals surface area contributed by atoms with Crippen molar-refractivity contribution in [3.8, 4) is 0 Å². The highest BCUT2D eigenvalue weighted by Gasteiger charge is 2.33. The molecule has 0 fully saturated rings. The molecule has 0 spiro atoms. The van der Waals surface area contributed by atoms with Crippen LogP contribution in [0, 0.1) is 12.3 Å². The number of aromatic nitrogens is 3. The van der Waals surface area contributed by atoms with Gasteiger partial charge >= 0.3 is 0 Å². The highest BCUT2D eigenvalue weighted by molar-refractivity contribution is 5.98. The van der Waals surface area contributed by atoms with Crippen LogP contribution in [0.3, 0.4) is 0 Å². The van der Waals surface area contributed by atoms with E-state index in [1.807, 2.05) is 17.5 Å². The molecule has 0 aromatic carbocycles. The topological polar surface area (TPSA) is 47.3 Å². The van der Waals surface area contributed by atoms with Crippen LogP contribution in [0.1, 0.15) is 42.0 Å².